The third-order valence-corrected chi connectivity index (χ3v) is 3.04. The molecule has 0 aliphatic rings. The van der Waals surface area contributed by atoms with Gasteiger partial charge in [0, 0.05) is 5.75 Å². The van der Waals surface area contributed by atoms with Crippen molar-refractivity contribution in [3.05, 3.63) is 36.9 Å². The number of allylic oxidation sites excluding steroid dienone is 1. The molecule has 5 nitrogen and oxygen atoms in total. The quantitative estimate of drug-likeness (QED) is 0.498. The van der Waals surface area contributed by atoms with Gasteiger partial charge < -0.3 is 5.11 Å². The lowest BCUT2D eigenvalue weighted by molar-refractivity contribution is 0.475. The number of benzene rings is 1. The van der Waals surface area contributed by atoms with E-state index in [2.05, 4.69) is 22.1 Å². The Labute approximate surface area is 103 Å². The first-order chi connectivity index (χ1) is 8.31. The van der Waals surface area contributed by atoms with Gasteiger partial charge in [0.2, 0.25) is 5.16 Å². The van der Waals surface area contributed by atoms with E-state index in [4.69, 9.17) is 0 Å². The van der Waals surface area contributed by atoms with Crippen LogP contribution in [0.2, 0.25) is 0 Å². The van der Waals surface area contributed by atoms with E-state index in [1.165, 1.54) is 0 Å². The van der Waals surface area contributed by atoms with Crippen LogP contribution in [0.1, 0.15) is 6.42 Å². The zero-order valence-electron chi connectivity index (χ0n) is 9.15. The molecule has 6 heteroatoms. The highest BCUT2D eigenvalue weighted by Gasteiger charge is 2.07. The third-order valence-electron chi connectivity index (χ3n) is 2.09. The van der Waals surface area contributed by atoms with Crippen molar-refractivity contribution in [2.24, 2.45) is 0 Å². The Balaban J connectivity index is 2.18. The molecule has 0 aliphatic carbocycles. The number of thioether (sulfide) groups is 1. The molecule has 2 aromatic rings. The lowest BCUT2D eigenvalue weighted by Gasteiger charge is -2.03. The van der Waals surface area contributed by atoms with Gasteiger partial charge in [0.25, 0.3) is 0 Å². The zero-order chi connectivity index (χ0) is 12.1. The Morgan fingerprint density at radius 3 is 2.82 bits per heavy atom. The van der Waals surface area contributed by atoms with Crippen molar-refractivity contribution in [3.63, 3.8) is 0 Å². The van der Waals surface area contributed by atoms with Crippen LogP contribution in [-0.2, 0) is 0 Å². The topological polar surface area (TPSA) is 63.8 Å². The molecule has 0 radical (unpaired) electrons. The largest absolute Gasteiger partial charge is 0.508 e. The van der Waals surface area contributed by atoms with E-state index in [-0.39, 0.29) is 5.75 Å². The van der Waals surface area contributed by atoms with E-state index in [1.807, 2.05) is 6.08 Å². The van der Waals surface area contributed by atoms with Crippen LogP contribution in [0.25, 0.3) is 5.69 Å². The number of hydrogen-bond donors (Lipinski definition) is 1. The minimum absolute atomic E-state index is 0.225. The standard InChI is InChI=1S/C11H12N4OS/c1-2-3-8-17-11-12-13-14-15(11)9-4-6-10(16)7-5-9/h2,4-7,16H,1,3,8H2. The maximum absolute atomic E-state index is 9.22. The van der Waals surface area contributed by atoms with Crippen molar-refractivity contribution in [2.45, 2.75) is 11.6 Å². The van der Waals surface area contributed by atoms with E-state index < -0.39 is 0 Å². The van der Waals surface area contributed by atoms with Crippen molar-refractivity contribution in [3.8, 4) is 11.4 Å². The maximum atomic E-state index is 9.22. The van der Waals surface area contributed by atoms with Crippen LogP contribution in [0.15, 0.2) is 42.1 Å². The summed E-state index contributed by atoms with van der Waals surface area (Å²) in [7, 11) is 0. The molecular weight excluding hydrogens is 236 g/mol. The number of aromatic nitrogens is 4. The van der Waals surface area contributed by atoms with E-state index in [0.717, 1.165) is 23.0 Å². The summed E-state index contributed by atoms with van der Waals surface area (Å²) in [6, 6.07) is 6.75. The summed E-state index contributed by atoms with van der Waals surface area (Å²) < 4.78 is 1.65. The molecule has 0 spiro atoms. The highest BCUT2D eigenvalue weighted by molar-refractivity contribution is 7.99. The summed E-state index contributed by atoms with van der Waals surface area (Å²) in [6.45, 7) is 3.67. The fourth-order valence-electron chi connectivity index (χ4n) is 1.26. The molecule has 0 saturated heterocycles. The van der Waals surface area contributed by atoms with Gasteiger partial charge in [0.15, 0.2) is 0 Å². The molecule has 2 rings (SSSR count). The van der Waals surface area contributed by atoms with Crippen molar-refractivity contribution in [2.75, 3.05) is 5.75 Å². The number of phenolic OH excluding ortho intramolecular Hbond substituents is 1. The molecule has 0 fully saturated rings. The number of hydrogen-bond acceptors (Lipinski definition) is 5. The van der Waals surface area contributed by atoms with Crippen molar-refractivity contribution >= 4 is 11.8 Å². The van der Waals surface area contributed by atoms with Gasteiger partial charge in [-0.15, -0.1) is 11.7 Å². The number of rotatable bonds is 5. The predicted molar refractivity (Wildman–Crippen MR) is 66.4 cm³/mol. The van der Waals surface area contributed by atoms with Gasteiger partial charge in [-0.25, -0.2) is 0 Å². The third kappa shape index (κ3) is 2.85. The van der Waals surface area contributed by atoms with Crippen LogP contribution >= 0.6 is 11.8 Å². The molecule has 88 valence electrons. The average Bonchev–Trinajstić information content (AvgIpc) is 2.79. The molecule has 0 amide bonds. The van der Waals surface area contributed by atoms with Crippen LogP contribution in [0.5, 0.6) is 5.75 Å². The second-order valence-electron chi connectivity index (χ2n) is 3.32. The molecule has 0 unspecified atom stereocenters. The lowest BCUT2D eigenvalue weighted by Crippen LogP contribution is -1.98. The van der Waals surface area contributed by atoms with Crippen LogP contribution in [0, 0.1) is 0 Å². The Bertz CT molecular complexity index is 494. The number of aromatic hydroxyl groups is 1. The summed E-state index contributed by atoms with van der Waals surface area (Å²) in [6.07, 6.45) is 2.77. The fourth-order valence-corrected chi connectivity index (χ4v) is 2.08. The summed E-state index contributed by atoms with van der Waals surface area (Å²) in [5.41, 5.74) is 0.828. The highest BCUT2D eigenvalue weighted by Crippen LogP contribution is 2.20. The minimum Gasteiger partial charge on any atom is -0.508 e. The number of phenols is 1. The zero-order valence-corrected chi connectivity index (χ0v) is 9.97. The van der Waals surface area contributed by atoms with Crippen LogP contribution in [-0.4, -0.2) is 31.1 Å². The predicted octanol–water partition coefficient (Wildman–Crippen LogP) is 2.04. The second kappa shape index (κ2) is 5.49. The fraction of sp³-hybridized carbons (Fsp3) is 0.182. The molecular formula is C11H12N4OS. The van der Waals surface area contributed by atoms with Gasteiger partial charge >= 0.3 is 0 Å². The van der Waals surface area contributed by atoms with Gasteiger partial charge in [0.1, 0.15) is 5.75 Å². The Morgan fingerprint density at radius 1 is 1.35 bits per heavy atom. The summed E-state index contributed by atoms with van der Waals surface area (Å²) in [5.74, 6) is 1.12. The molecule has 0 atom stereocenters. The van der Waals surface area contributed by atoms with E-state index in [9.17, 15) is 5.11 Å². The first-order valence-electron chi connectivity index (χ1n) is 5.13. The maximum Gasteiger partial charge on any atom is 0.214 e. The molecule has 17 heavy (non-hydrogen) atoms. The van der Waals surface area contributed by atoms with Gasteiger partial charge in [-0.1, -0.05) is 17.8 Å². The Morgan fingerprint density at radius 2 is 2.12 bits per heavy atom. The number of tetrazole rings is 1. The van der Waals surface area contributed by atoms with Gasteiger partial charge in [-0.2, -0.15) is 4.68 Å². The van der Waals surface area contributed by atoms with Crippen molar-refractivity contribution < 1.29 is 5.11 Å². The first-order valence-corrected chi connectivity index (χ1v) is 6.11. The normalized spacial score (nSPS) is 10.4. The van der Waals surface area contributed by atoms with Crippen molar-refractivity contribution in [1.82, 2.24) is 20.2 Å². The first kappa shape index (κ1) is 11.7. The van der Waals surface area contributed by atoms with Crippen LogP contribution < -0.4 is 0 Å². The Hall–Kier alpha value is -1.82. The molecule has 0 bridgehead atoms. The molecule has 1 N–H and O–H groups in total. The van der Waals surface area contributed by atoms with Gasteiger partial charge in [-0.05, 0) is 41.1 Å². The van der Waals surface area contributed by atoms with E-state index >= 15 is 0 Å². The smallest absolute Gasteiger partial charge is 0.214 e. The molecule has 0 saturated carbocycles. The minimum atomic E-state index is 0.225. The summed E-state index contributed by atoms with van der Waals surface area (Å²) in [5, 5.41) is 21.5. The van der Waals surface area contributed by atoms with E-state index in [1.54, 1.807) is 40.7 Å². The van der Waals surface area contributed by atoms with Crippen molar-refractivity contribution in [1.29, 1.82) is 0 Å². The molecule has 1 aromatic carbocycles. The Kier molecular flexibility index (Phi) is 3.77. The summed E-state index contributed by atoms with van der Waals surface area (Å²) >= 11 is 1.57. The average molecular weight is 248 g/mol. The van der Waals surface area contributed by atoms with Crippen LogP contribution in [0.3, 0.4) is 0 Å². The highest BCUT2D eigenvalue weighted by atomic mass is 32.2. The monoisotopic (exact) mass is 248 g/mol. The van der Waals surface area contributed by atoms with Crippen LogP contribution in [0.4, 0.5) is 0 Å². The number of nitrogens with zero attached hydrogens (tertiary/aromatic N) is 4. The van der Waals surface area contributed by atoms with Gasteiger partial charge in [0.05, 0.1) is 5.69 Å². The molecule has 0 aliphatic heterocycles. The second-order valence-corrected chi connectivity index (χ2v) is 4.38. The SMILES string of the molecule is C=CCCSc1nnnn1-c1ccc(O)cc1. The molecule has 1 heterocycles. The summed E-state index contributed by atoms with van der Waals surface area (Å²) in [4.78, 5) is 0. The van der Waals surface area contributed by atoms with Gasteiger partial charge in [-0.3, -0.25) is 0 Å². The molecule has 1 aromatic heterocycles. The lowest BCUT2D eigenvalue weighted by atomic mass is 10.3. The van der Waals surface area contributed by atoms with E-state index in [0.29, 0.717) is 0 Å².